The summed E-state index contributed by atoms with van der Waals surface area (Å²) >= 11 is 0. The Morgan fingerprint density at radius 2 is 1.82 bits per heavy atom. The van der Waals surface area contributed by atoms with Crippen LogP contribution in [0.2, 0.25) is 0 Å². The van der Waals surface area contributed by atoms with Crippen LogP contribution in [0, 0.1) is 13.8 Å². The summed E-state index contributed by atoms with van der Waals surface area (Å²) < 4.78 is 11.3. The predicted octanol–water partition coefficient (Wildman–Crippen LogP) is 5.00. The van der Waals surface area contributed by atoms with Gasteiger partial charge in [-0.1, -0.05) is 6.07 Å². The van der Waals surface area contributed by atoms with Crippen LogP contribution in [-0.4, -0.2) is 41.2 Å². The molecular formula is C25H31N5O3. The Kier molecular flexibility index (Phi) is 6.53. The maximum Gasteiger partial charge on any atom is 0.415 e. The number of amides is 1. The van der Waals surface area contributed by atoms with Crippen molar-refractivity contribution >= 4 is 28.5 Å². The molecule has 0 spiro atoms. The van der Waals surface area contributed by atoms with Gasteiger partial charge >= 0.3 is 6.09 Å². The summed E-state index contributed by atoms with van der Waals surface area (Å²) in [5, 5.41) is 4.23. The van der Waals surface area contributed by atoms with Crippen molar-refractivity contribution in [2.45, 2.75) is 46.1 Å². The zero-order valence-electron chi connectivity index (χ0n) is 19.6. The number of piperidine rings is 1. The van der Waals surface area contributed by atoms with Gasteiger partial charge in [0.15, 0.2) is 11.5 Å². The number of ether oxygens (including phenoxy) is 2. The molecule has 0 saturated carbocycles. The summed E-state index contributed by atoms with van der Waals surface area (Å²) in [6.45, 7) is 7.34. The van der Waals surface area contributed by atoms with Crippen molar-refractivity contribution in [1.29, 1.82) is 0 Å². The monoisotopic (exact) mass is 449 g/mol. The van der Waals surface area contributed by atoms with Crippen molar-refractivity contribution in [2.24, 2.45) is 0 Å². The summed E-state index contributed by atoms with van der Waals surface area (Å²) in [5.74, 6) is 2.09. The maximum atomic E-state index is 12.7. The van der Waals surface area contributed by atoms with Gasteiger partial charge in [0.25, 0.3) is 0 Å². The molecular weight excluding hydrogens is 418 g/mol. The average Bonchev–Trinajstić information content (AvgIpc) is 2.78. The third kappa shape index (κ3) is 5.10. The Labute approximate surface area is 194 Å². The maximum absolute atomic E-state index is 12.7. The van der Waals surface area contributed by atoms with Gasteiger partial charge in [0, 0.05) is 30.2 Å². The SMILES string of the molecule is COc1cc2nc(C)nc(N[C@H](C)c3cc(C)cc(N)c3)c2cc1OC(=O)N1CCCCC1. The lowest BCUT2D eigenvalue weighted by Crippen LogP contribution is -2.37. The minimum Gasteiger partial charge on any atom is -0.493 e. The molecule has 1 atom stereocenters. The van der Waals surface area contributed by atoms with Crippen molar-refractivity contribution in [3.05, 3.63) is 47.3 Å². The molecule has 1 amide bonds. The van der Waals surface area contributed by atoms with E-state index in [0.717, 1.165) is 41.5 Å². The van der Waals surface area contributed by atoms with Gasteiger partial charge in [0.2, 0.25) is 0 Å². The Bertz CT molecular complexity index is 1150. The molecule has 1 saturated heterocycles. The predicted molar refractivity (Wildman–Crippen MR) is 130 cm³/mol. The summed E-state index contributed by atoms with van der Waals surface area (Å²) in [6.07, 6.45) is 2.76. The Hall–Kier alpha value is -3.55. The lowest BCUT2D eigenvalue weighted by molar-refractivity contribution is 0.141. The number of carbonyl (C=O) groups excluding carboxylic acids is 1. The van der Waals surface area contributed by atoms with E-state index in [0.29, 0.717) is 41.7 Å². The van der Waals surface area contributed by atoms with E-state index in [1.54, 1.807) is 24.1 Å². The van der Waals surface area contributed by atoms with Crippen molar-refractivity contribution in [3.63, 3.8) is 0 Å². The number of nitrogen functional groups attached to an aromatic ring is 1. The molecule has 33 heavy (non-hydrogen) atoms. The van der Waals surface area contributed by atoms with Crippen LogP contribution in [0.4, 0.5) is 16.3 Å². The molecule has 3 N–H and O–H groups in total. The molecule has 4 rings (SSSR count). The molecule has 8 heteroatoms. The highest BCUT2D eigenvalue weighted by molar-refractivity contribution is 5.92. The van der Waals surface area contributed by atoms with Crippen LogP contribution in [0.3, 0.4) is 0 Å². The number of nitrogens with two attached hydrogens (primary N) is 1. The molecule has 1 aliphatic rings. The summed E-state index contributed by atoms with van der Waals surface area (Å²) in [7, 11) is 1.55. The van der Waals surface area contributed by atoms with E-state index in [2.05, 4.69) is 28.3 Å². The van der Waals surface area contributed by atoms with E-state index < -0.39 is 0 Å². The second-order valence-corrected chi connectivity index (χ2v) is 8.60. The molecule has 1 aromatic heterocycles. The topological polar surface area (TPSA) is 103 Å². The van der Waals surface area contributed by atoms with Crippen LogP contribution in [0.5, 0.6) is 11.5 Å². The van der Waals surface area contributed by atoms with Gasteiger partial charge in [-0.25, -0.2) is 14.8 Å². The van der Waals surface area contributed by atoms with Gasteiger partial charge < -0.3 is 25.4 Å². The molecule has 0 unspecified atom stereocenters. The van der Waals surface area contributed by atoms with Crippen molar-refractivity contribution in [3.8, 4) is 11.5 Å². The fourth-order valence-electron chi connectivity index (χ4n) is 4.22. The van der Waals surface area contributed by atoms with Crippen molar-refractivity contribution in [1.82, 2.24) is 14.9 Å². The van der Waals surface area contributed by atoms with E-state index in [9.17, 15) is 4.79 Å². The third-order valence-electron chi connectivity index (χ3n) is 5.88. The summed E-state index contributed by atoms with van der Waals surface area (Å²) in [5.41, 5.74) is 9.62. The number of methoxy groups -OCH3 is 1. The number of likely N-dealkylation sites (tertiary alicyclic amines) is 1. The van der Waals surface area contributed by atoms with Crippen LogP contribution in [-0.2, 0) is 0 Å². The summed E-state index contributed by atoms with van der Waals surface area (Å²) in [4.78, 5) is 23.7. The number of nitrogens with zero attached hydrogens (tertiary/aromatic N) is 3. The van der Waals surface area contributed by atoms with Gasteiger partial charge in [-0.3, -0.25) is 0 Å². The largest absolute Gasteiger partial charge is 0.493 e. The number of hydrogen-bond acceptors (Lipinski definition) is 7. The zero-order valence-corrected chi connectivity index (χ0v) is 19.6. The Morgan fingerprint density at radius 3 is 2.52 bits per heavy atom. The smallest absolute Gasteiger partial charge is 0.415 e. The number of aryl methyl sites for hydroxylation is 2. The molecule has 0 bridgehead atoms. The van der Waals surface area contributed by atoms with Crippen LogP contribution < -0.4 is 20.5 Å². The van der Waals surface area contributed by atoms with Crippen LogP contribution in [0.15, 0.2) is 30.3 Å². The van der Waals surface area contributed by atoms with Crippen molar-refractivity contribution < 1.29 is 14.3 Å². The minimum absolute atomic E-state index is 0.0499. The van der Waals surface area contributed by atoms with E-state index in [-0.39, 0.29) is 12.1 Å². The standard InChI is InChI=1S/C25H31N5O3/c1-15-10-18(12-19(26)11-15)16(2)27-24-20-13-23(33-25(31)30-8-6-5-7-9-30)22(32-4)14-21(20)28-17(3)29-24/h10-14,16H,5-9,26H2,1-4H3,(H,27,28,29)/t16-/m1/s1. The number of rotatable bonds is 5. The quantitative estimate of drug-likeness (QED) is 0.529. The van der Waals surface area contributed by atoms with E-state index in [4.69, 9.17) is 15.2 Å². The van der Waals surface area contributed by atoms with Gasteiger partial charge in [-0.15, -0.1) is 0 Å². The number of fused-ring (bicyclic) bond motifs is 1. The molecule has 0 aliphatic carbocycles. The van der Waals surface area contributed by atoms with Gasteiger partial charge in [0.1, 0.15) is 11.6 Å². The van der Waals surface area contributed by atoms with Crippen LogP contribution in [0.1, 0.15) is 49.2 Å². The number of hydrogen-bond donors (Lipinski definition) is 2. The highest BCUT2D eigenvalue weighted by Crippen LogP contribution is 2.36. The molecule has 3 aromatic rings. The number of nitrogens with one attached hydrogen (secondary N) is 1. The first-order valence-electron chi connectivity index (χ1n) is 11.3. The number of carbonyl (C=O) groups is 1. The minimum atomic E-state index is -0.363. The molecule has 174 valence electrons. The zero-order chi connectivity index (χ0) is 23.5. The summed E-state index contributed by atoms with van der Waals surface area (Å²) in [6, 6.07) is 9.49. The molecule has 2 heterocycles. The average molecular weight is 450 g/mol. The normalized spacial score (nSPS) is 14.7. The van der Waals surface area contributed by atoms with E-state index in [1.807, 2.05) is 26.0 Å². The second kappa shape index (κ2) is 9.52. The van der Waals surface area contributed by atoms with E-state index in [1.165, 1.54) is 0 Å². The van der Waals surface area contributed by atoms with Crippen LogP contribution in [0.25, 0.3) is 10.9 Å². The van der Waals surface area contributed by atoms with Crippen LogP contribution >= 0.6 is 0 Å². The van der Waals surface area contributed by atoms with E-state index >= 15 is 0 Å². The number of anilines is 2. The first-order valence-corrected chi connectivity index (χ1v) is 11.3. The fourth-order valence-corrected chi connectivity index (χ4v) is 4.22. The highest BCUT2D eigenvalue weighted by atomic mass is 16.6. The number of benzene rings is 2. The molecule has 1 fully saturated rings. The molecule has 1 aliphatic heterocycles. The lowest BCUT2D eigenvalue weighted by Gasteiger charge is -2.26. The van der Waals surface area contributed by atoms with Crippen molar-refractivity contribution in [2.75, 3.05) is 31.2 Å². The highest BCUT2D eigenvalue weighted by Gasteiger charge is 2.22. The molecule has 2 aromatic carbocycles. The molecule has 0 radical (unpaired) electrons. The van der Waals surface area contributed by atoms with Gasteiger partial charge in [-0.05, 0) is 69.4 Å². The van der Waals surface area contributed by atoms with Gasteiger partial charge in [-0.2, -0.15) is 0 Å². The van der Waals surface area contributed by atoms with Gasteiger partial charge in [0.05, 0.1) is 18.7 Å². The second-order valence-electron chi connectivity index (χ2n) is 8.60. The fraction of sp³-hybridized carbons (Fsp3) is 0.400. The third-order valence-corrected chi connectivity index (χ3v) is 5.88. The Morgan fingerprint density at radius 1 is 1.06 bits per heavy atom. The first kappa shape index (κ1) is 22.6. The molecule has 8 nitrogen and oxygen atoms in total. The lowest BCUT2D eigenvalue weighted by atomic mass is 10.0. The Balaban J connectivity index is 1.69. The number of aromatic nitrogens is 2. The first-order chi connectivity index (χ1) is 15.8.